The molecule has 1 aliphatic rings. The van der Waals surface area contributed by atoms with Gasteiger partial charge in [0.2, 0.25) is 0 Å². The Balaban J connectivity index is 2.56. The van der Waals surface area contributed by atoms with Crippen LogP contribution in [0.25, 0.3) is 5.76 Å². The summed E-state index contributed by atoms with van der Waals surface area (Å²) in [6.45, 7) is 1.44. The molecule has 4 heteroatoms. The summed E-state index contributed by atoms with van der Waals surface area (Å²) in [6.07, 6.45) is 0. The number of hydrogen-bond donors (Lipinski definition) is 2. The quantitative estimate of drug-likeness (QED) is 0.695. The molecule has 0 bridgehead atoms. The van der Waals surface area contributed by atoms with Crippen LogP contribution in [-0.4, -0.2) is 10.9 Å². The second-order valence-electron chi connectivity index (χ2n) is 2.98. The molecule has 0 saturated heterocycles. The van der Waals surface area contributed by atoms with Gasteiger partial charge in [-0.1, -0.05) is 12.1 Å². The molecule has 1 aromatic rings. The van der Waals surface area contributed by atoms with Crippen molar-refractivity contribution in [1.29, 1.82) is 0 Å². The third-order valence-electron chi connectivity index (χ3n) is 1.98. The minimum Gasteiger partial charge on any atom is -0.506 e. The van der Waals surface area contributed by atoms with Crippen LogP contribution in [0.2, 0.25) is 0 Å². The largest absolute Gasteiger partial charge is 0.506 e. The van der Waals surface area contributed by atoms with Gasteiger partial charge in [0.15, 0.2) is 5.78 Å². The highest BCUT2D eigenvalue weighted by molar-refractivity contribution is 8.05. The summed E-state index contributed by atoms with van der Waals surface area (Å²) in [4.78, 5) is 11.5. The maximum atomic E-state index is 11.1. The number of aliphatic hydroxyl groups excluding tert-OH is 1. The molecule has 0 atom stereocenters. The Bertz CT molecular complexity index is 426. The Morgan fingerprint density at radius 1 is 1.43 bits per heavy atom. The number of para-hydroxylation sites is 1. The van der Waals surface area contributed by atoms with E-state index >= 15 is 0 Å². The van der Waals surface area contributed by atoms with Crippen LogP contribution >= 0.6 is 11.9 Å². The molecule has 1 aromatic carbocycles. The van der Waals surface area contributed by atoms with E-state index in [2.05, 4.69) is 4.72 Å². The van der Waals surface area contributed by atoms with Crippen molar-refractivity contribution in [3.8, 4) is 0 Å². The predicted octanol–water partition coefficient (Wildman–Crippen LogP) is 2.58. The molecule has 0 unspecified atom stereocenters. The van der Waals surface area contributed by atoms with Crippen LogP contribution < -0.4 is 4.72 Å². The van der Waals surface area contributed by atoms with Gasteiger partial charge in [-0.25, -0.2) is 0 Å². The van der Waals surface area contributed by atoms with Gasteiger partial charge in [0, 0.05) is 5.56 Å². The molecule has 0 saturated carbocycles. The van der Waals surface area contributed by atoms with Crippen LogP contribution in [0.1, 0.15) is 12.5 Å². The Morgan fingerprint density at radius 2 is 2.14 bits per heavy atom. The highest BCUT2D eigenvalue weighted by atomic mass is 32.2. The standard InChI is InChI=1S/C10H9NO2S/c1-6(12)10-9(13)7-4-2-3-5-8(7)11-14-10/h2-5,11,13H,1H3. The fourth-order valence-corrected chi connectivity index (χ4v) is 2.03. The molecule has 0 spiro atoms. The second kappa shape index (κ2) is 3.38. The molecular formula is C10H9NO2S. The lowest BCUT2D eigenvalue weighted by Crippen LogP contribution is -2.07. The highest BCUT2D eigenvalue weighted by Gasteiger charge is 2.21. The van der Waals surface area contributed by atoms with Crippen molar-refractivity contribution in [2.45, 2.75) is 6.92 Å². The topological polar surface area (TPSA) is 49.3 Å². The molecule has 0 aliphatic carbocycles. The summed E-state index contributed by atoms with van der Waals surface area (Å²) < 4.78 is 3.00. The summed E-state index contributed by atoms with van der Waals surface area (Å²) in [5.74, 6) is -0.0636. The molecule has 2 N–H and O–H groups in total. The van der Waals surface area contributed by atoms with Crippen LogP contribution in [0, 0.1) is 0 Å². The van der Waals surface area contributed by atoms with Gasteiger partial charge in [-0.05, 0) is 31.0 Å². The Labute approximate surface area is 86.0 Å². The van der Waals surface area contributed by atoms with Crippen LogP contribution in [-0.2, 0) is 4.79 Å². The number of hydrogen-bond acceptors (Lipinski definition) is 4. The number of carbonyl (C=O) groups is 1. The predicted molar refractivity (Wildman–Crippen MR) is 57.9 cm³/mol. The lowest BCUT2D eigenvalue weighted by molar-refractivity contribution is -0.112. The van der Waals surface area contributed by atoms with Gasteiger partial charge in [-0.15, -0.1) is 0 Å². The third kappa shape index (κ3) is 1.37. The summed E-state index contributed by atoms with van der Waals surface area (Å²) in [7, 11) is 0. The van der Waals surface area contributed by atoms with E-state index in [9.17, 15) is 9.90 Å². The van der Waals surface area contributed by atoms with E-state index in [4.69, 9.17) is 0 Å². The first-order chi connectivity index (χ1) is 6.70. The molecule has 72 valence electrons. The molecule has 0 amide bonds. The Morgan fingerprint density at radius 3 is 2.86 bits per heavy atom. The number of allylic oxidation sites excluding steroid dienone is 1. The number of carbonyl (C=O) groups excluding carboxylic acids is 1. The molecule has 2 rings (SSSR count). The van der Waals surface area contributed by atoms with Crippen molar-refractivity contribution >= 4 is 29.2 Å². The maximum absolute atomic E-state index is 11.1. The van der Waals surface area contributed by atoms with Gasteiger partial charge in [0.25, 0.3) is 0 Å². The average Bonchev–Trinajstić information content (AvgIpc) is 2.18. The Kier molecular flexibility index (Phi) is 2.21. The zero-order chi connectivity index (χ0) is 10.1. The zero-order valence-corrected chi connectivity index (χ0v) is 8.39. The van der Waals surface area contributed by atoms with E-state index in [1.165, 1.54) is 6.92 Å². The monoisotopic (exact) mass is 207 g/mol. The zero-order valence-electron chi connectivity index (χ0n) is 7.57. The summed E-state index contributed by atoms with van der Waals surface area (Å²) in [5.41, 5.74) is 1.51. The van der Waals surface area contributed by atoms with Crippen LogP contribution in [0.3, 0.4) is 0 Å². The van der Waals surface area contributed by atoms with E-state index in [0.717, 1.165) is 17.6 Å². The Hall–Kier alpha value is -1.42. The summed E-state index contributed by atoms with van der Waals surface area (Å²) in [5, 5.41) is 9.79. The third-order valence-corrected chi connectivity index (χ3v) is 2.99. The van der Waals surface area contributed by atoms with Crippen molar-refractivity contribution in [1.82, 2.24) is 0 Å². The summed E-state index contributed by atoms with van der Waals surface area (Å²) in [6, 6.07) is 7.33. The van der Waals surface area contributed by atoms with E-state index in [-0.39, 0.29) is 11.5 Å². The maximum Gasteiger partial charge on any atom is 0.171 e. The molecule has 3 nitrogen and oxygen atoms in total. The minimum atomic E-state index is -0.130. The lowest BCUT2D eigenvalue weighted by Gasteiger charge is -2.18. The molecule has 14 heavy (non-hydrogen) atoms. The molecule has 0 radical (unpaired) electrons. The number of Topliss-reactive ketones (excluding diaryl/α,β-unsaturated/α-hetero) is 1. The van der Waals surface area contributed by atoms with Crippen molar-refractivity contribution in [2.75, 3.05) is 4.72 Å². The normalized spacial score (nSPS) is 14.6. The van der Waals surface area contributed by atoms with Gasteiger partial charge in [0.1, 0.15) is 10.7 Å². The number of anilines is 1. The SMILES string of the molecule is CC(=O)C1=C(O)c2ccccc2NS1. The smallest absolute Gasteiger partial charge is 0.171 e. The molecule has 0 fully saturated rings. The van der Waals surface area contributed by atoms with Gasteiger partial charge >= 0.3 is 0 Å². The fraction of sp³-hybridized carbons (Fsp3) is 0.100. The van der Waals surface area contributed by atoms with E-state index in [0.29, 0.717) is 10.5 Å². The van der Waals surface area contributed by atoms with Crippen molar-refractivity contribution < 1.29 is 9.90 Å². The average molecular weight is 207 g/mol. The van der Waals surface area contributed by atoms with E-state index < -0.39 is 0 Å². The van der Waals surface area contributed by atoms with Gasteiger partial charge in [0.05, 0.1) is 5.69 Å². The van der Waals surface area contributed by atoms with Crippen molar-refractivity contribution in [2.24, 2.45) is 0 Å². The first-order valence-corrected chi connectivity index (χ1v) is 4.98. The van der Waals surface area contributed by atoms with Crippen LogP contribution in [0.15, 0.2) is 29.2 Å². The van der Waals surface area contributed by atoms with Gasteiger partial charge in [-0.3, -0.25) is 4.79 Å². The first-order valence-electron chi connectivity index (χ1n) is 4.16. The number of rotatable bonds is 1. The molecule has 1 heterocycles. The van der Waals surface area contributed by atoms with Crippen LogP contribution in [0.4, 0.5) is 5.69 Å². The molecular weight excluding hydrogens is 198 g/mol. The van der Waals surface area contributed by atoms with E-state index in [1.54, 1.807) is 6.07 Å². The van der Waals surface area contributed by atoms with Gasteiger partial charge in [-0.2, -0.15) is 0 Å². The number of aliphatic hydroxyl groups is 1. The highest BCUT2D eigenvalue weighted by Crippen LogP contribution is 2.36. The molecule has 0 aromatic heterocycles. The first kappa shape index (κ1) is 9.15. The van der Waals surface area contributed by atoms with Gasteiger partial charge < -0.3 is 9.83 Å². The molecule has 1 aliphatic heterocycles. The number of ketones is 1. The lowest BCUT2D eigenvalue weighted by atomic mass is 10.1. The second-order valence-corrected chi connectivity index (χ2v) is 3.80. The van der Waals surface area contributed by atoms with Crippen molar-refractivity contribution in [3.63, 3.8) is 0 Å². The number of benzene rings is 1. The fourth-order valence-electron chi connectivity index (χ4n) is 1.29. The number of fused-ring (bicyclic) bond motifs is 1. The minimum absolute atomic E-state index is 0.0665. The van der Waals surface area contributed by atoms with E-state index in [1.807, 2.05) is 18.2 Å². The van der Waals surface area contributed by atoms with Crippen molar-refractivity contribution in [3.05, 3.63) is 34.7 Å². The summed E-state index contributed by atoms with van der Waals surface area (Å²) >= 11 is 1.15. The number of nitrogens with one attached hydrogen (secondary N) is 1. The van der Waals surface area contributed by atoms with Crippen LogP contribution in [0.5, 0.6) is 0 Å².